The van der Waals surface area contributed by atoms with E-state index in [1.54, 1.807) is 30.7 Å². The quantitative estimate of drug-likeness (QED) is 0.345. The number of imidazole rings is 1. The number of pyridine rings is 2. The Kier molecular flexibility index (Phi) is 5.42. The van der Waals surface area contributed by atoms with Gasteiger partial charge in [-0.2, -0.15) is 0 Å². The monoisotopic (exact) mass is 492 g/mol. The number of benzene rings is 2. The first-order chi connectivity index (χ1) is 18.0. The number of anilines is 2. The average Bonchev–Trinajstić information content (AvgIpc) is 3.52. The number of hydrogen-bond donors (Lipinski definition) is 0. The van der Waals surface area contributed by atoms with Crippen LogP contribution in [0.15, 0.2) is 67.1 Å². The van der Waals surface area contributed by atoms with Crippen LogP contribution < -0.4 is 9.80 Å². The zero-order chi connectivity index (χ0) is 25.5. The minimum atomic E-state index is -0.550. The van der Waals surface area contributed by atoms with E-state index in [-0.39, 0.29) is 12.3 Å². The summed E-state index contributed by atoms with van der Waals surface area (Å²) in [7, 11) is 3.76. The van der Waals surface area contributed by atoms with Gasteiger partial charge in [0.2, 0.25) is 5.95 Å². The van der Waals surface area contributed by atoms with Crippen molar-refractivity contribution in [2.75, 3.05) is 37.0 Å². The molecule has 0 radical (unpaired) electrons. The highest BCUT2D eigenvalue weighted by Gasteiger charge is 2.27. The molecule has 0 spiro atoms. The largest absolute Gasteiger partial charge is 0.447 e. The summed E-state index contributed by atoms with van der Waals surface area (Å²) in [6.07, 6.45) is 4.59. The third kappa shape index (κ3) is 3.98. The van der Waals surface area contributed by atoms with Crippen molar-refractivity contribution in [2.45, 2.75) is 0 Å². The molecule has 0 saturated carbocycles. The Morgan fingerprint density at radius 1 is 1.03 bits per heavy atom. The normalized spacial score (nSPS) is 13.1. The average molecular weight is 493 g/mol. The van der Waals surface area contributed by atoms with Crippen molar-refractivity contribution in [2.24, 2.45) is 0 Å². The van der Waals surface area contributed by atoms with Crippen LogP contribution in [0.5, 0.6) is 0 Å². The zero-order valence-electron chi connectivity index (χ0n) is 20.1. The van der Waals surface area contributed by atoms with E-state index >= 15 is 4.39 Å². The number of cyclic esters (lactones) is 1. The van der Waals surface area contributed by atoms with Crippen LogP contribution in [0.3, 0.4) is 0 Å². The van der Waals surface area contributed by atoms with Crippen molar-refractivity contribution in [1.29, 1.82) is 0 Å². The molecule has 37 heavy (non-hydrogen) atoms. The standard InChI is InChI=1S/C28H21FN6O2/c1-33(2)27-32-24-17-31-23-9-7-18(5-6-19-4-3-11-30-16-19)14-21(23)26(24)35(27)20-8-10-25(22(29)15-20)34-12-13-37-28(34)36/h3-4,7-11,14-17H,12-13H2,1-2H3. The minimum Gasteiger partial charge on any atom is -0.447 e. The molecule has 1 saturated heterocycles. The summed E-state index contributed by atoms with van der Waals surface area (Å²) in [4.78, 5) is 28.6. The Balaban J connectivity index is 1.54. The molecule has 0 N–H and O–H groups in total. The van der Waals surface area contributed by atoms with Crippen LogP contribution in [0.2, 0.25) is 0 Å². The van der Waals surface area contributed by atoms with Crippen LogP contribution in [0, 0.1) is 17.7 Å². The molecule has 0 atom stereocenters. The van der Waals surface area contributed by atoms with E-state index in [0.717, 1.165) is 27.5 Å². The van der Waals surface area contributed by atoms with E-state index in [4.69, 9.17) is 9.72 Å². The van der Waals surface area contributed by atoms with Gasteiger partial charge in [-0.15, -0.1) is 0 Å². The summed E-state index contributed by atoms with van der Waals surface area (Å²) in [6.45, 7) is 0.549. The van der Waals surface area contributed by atoms with Crippen molar-refractivity contribution < 1.29 is 13.9 Å². The highest BCUT2D eigenvalue weighted by atomic mass is 19.1. The first-order valence-corrected chi connectivity index (χ1v) is 11.6. The van der Waals surface area contributed by atoms with Crippen molar-refractivity contribution in [1.82, 2.24) is 19.5 Å². The topological polar surface area (TPSA) is 76.4 Å². The summed E-state index contributed by atoms with van der Waals surface area (Å²) in [5, 5.41) is 0.837. The van der Waals surface area contributed by atoms with Crippen LogP contribution >= 0.6 is 0 Å². The van der Waals surface area contributed by atoms with E-state index in [1.807, 2.05) is 53.9 Å². The molecule has 1 aliphatic rings. The van der Waals surface area contributed by atoms with Crippen LogP contribution in [-0.4, -0.2) is 52.9 Å². The number of carbonyl (C=O) groups excluding carboxylic acids is 1. The second-order valence-corrected chi connectivity index (χ2v) is 8.76. The molecule has 9 heteroatoms. The minimum absolute atomic E-state index is 0.182. The van der Waals surface area contributed by atoms with E-state index in [1.165, 1.54) is 11.0 Å². The number of nitrogens with zero attached hydrogens (tertiary/aromatic N) is 6. The molecule has 5 aromatic rings. The number of amides is 1. The molecular formula is C28H21FN6O2. The highest BCUT2D eigenvalue weighted by molar-refractivity contribution is 6.04. The molecule has 1 fully saturated rings. The molecule has 182 valence electrons. The van der Waals surface area contributed by atoms with Gasteiger partial charge in [0.1, 0.15) is 17.9 Å². The molecule has 0 unspecified atom stereocenters. The molecule has 8 nitrogen and oxygen atoms in total. The van der Waals surface area contributed by atoms with Gasteiger partial charge >= 0.3 is 6.09 Å². The van der Waals surface area contributed by atoms with Gasteiger partial charge in [-0.05, 0) is 42.5 Å². The summed E-state index contributed by atoms with van der Waals surface area (Å²) < 4.78 is 22.2. The number of aromatic nitrogens is 4. The molecule has 1 amide bonds. The summed E-state index contributed by atoms with van der Waals surface area (Å²) in [6, 6.07) is 14.3. The van der Waals surface area contributed by atoms with E-state index < -0.39 is 11.9 Å². The third-order valence-electron chi connectivity index (χ3n) is 6.12. The Labute approximate surface area is 211 Å². The molecular weight excluding hydrogens is 471 g/mol. The zero-order valence-corrected chi connectivity index (χ0v) is 20.1. The van der Waals surface area contributed by atoms with Gasteiger partial charge in [0, 0.05) is 49.1 Å². The van der Waals surface area contributed by atoms with Gasteiger partial charge in [-0.25, -0.2) is 14.2 Å². The number of rotatable bonds is 3. The maximum atomic E-state index is 15.3. The highest BCUT2D eigenvalue weighted by Crippen LogP contribution is 2.33. The first-order valence-electron chi connectivity index (χ1n) is 11.6. The molecule has 0 bridgehead atoms. The number of ether oxygens (including phenoxy) is 1. The summed E-state index contributed by atoms with van der Waals surface area (Å²) in [5.41, 5.74) is 4.59. The summed E-state index contributed by atoms with van der Waals surface area (Å²) in [5.74, 6) is 6.41. The second-order valence-electron chi connectivity index (χ2n) is 8.76. The van der Waals surface area contributed by atoms with E-state index in [2.05, 4.69) is 21.8 Å². The number of fused-ring (bicyclic) bond motifs is 3. The lowest BCUT2D eigenvalue weighted by Gasteiger charge is -2.18. The van der Waals surface area contributed by atoms with Crippen LogP contribution in [-0.2, 0) is 4.74 Å². The number of halogens is 1. The third-order valence-corrected chi connectivity index (χ3v) is 6.12. The van der Waals surface area contributed by atoms with Crippen molar-refractivity contribution in [3.63, 3.8) is 0 Å². The molecule has 3 aromatic heterocycles. The molecule has 6 rings (SSSR count). The van der Waals surface area contributed by atoms with Gasteiger partial charge in [0.05, 0.1) is 35.1 Å². The van der Waals surface area contributed by atoms with Gasteiger partial charge in [0.15, 0.2) is 0 Å². The maximum Gasteiger partial charge on any atom is 0.414 e. The maximum absolute atomic E-state index is 15.3. The molecule has 0 aliphatic carbocycles. The lowest BCUT2D eigenvalue weighted by Crippen LogP contribution is -2.24. The first kappa shape index (κ1) is 22.5. The van der Waals surface area contributed by atoms with Gasteiger partial charge < -0.3 is 9.64 Å². The predicted molar refractivity (Wildman–Crippen MR) is 140 cm³/mol. The Hall–Kier alpha value is -4.97. The van der Waals surface area contributed by atoms with Crippen molar-refractivity contribution >= 4 is 39.7 Å². The van der Waals surface area contributed by atoms with Gasteiger partial charge in [0.25, 0.3) is 0 Å². The van der Waals surface area contributed by atoms with E-state index in [9.17, 15) is 4.79 Å². The van der Waals surface area contributed by atoms with Crippen molar-refractivity contribution in [3.8, 4) is 17.5 Å². The van der Waals surface area contributed by atoms with Crippen LogP contribution in [0.4, 0.5) is 20.8 Å². The number of carbonyl (C=O) groups is 1. The lowest BCUT2D eigenvalue weighted by molar-refractivity contribution is 0.181. The Morgan fingerprint density at radius 2 is 1.89 bits per heavy atom. The molecule has 4 heterocycles. The van der Waals surface area contributed by atoms with Gasteiger partial charge in [-0.1, -0.05) is 11.8 Å². The molecule has 2 aromatic carbocycles. The van der Waals surface area contributed by atoms with Crippen molar-refractivity contribution in [3.05, 3.63) is 84.1 Å². The second kappa shape index (κ2) is 8.91. The molecule has 1 aliphatic heterocycles. The fraction of sp³-hybridized carbons (Fsp3) is 0.143. The van der Waals surface area contributed by atoms with Crippen LogP contribution in [0.25, 0.3) is 27.6 Å². The number of hydrogen-bond acceptors (Lipinski definition) is 6. The van der Waals surface area contributed by atoms with Gasteiger partial charge in [-0.3, -0.25) is 19.4 Å². The Bertz CT molecular complexity index is 1740. The lowest BCUT2D eigenvalue weighted by atomic mass is 10.1. The SMILES string of the molecule is CN(C)c1nc2cnc3ccc(C#Cc4cccnc4)cc3c2n1-c1ccc(N2CCOC2=O)c(F)c1. The smallest absolute Gasteiger partial charge is 0.414 e. The predicted octanol–water partition coefficient (Wildman–Crippen LogP) is 4.53. The fourth-order valence-corrected chi connectivity index (χ4v) is 4.41. The fourth-order valence-electron chi connectivity index (χ4n) is 4.41. The van der Waals surface area contributed by atoms with Crippen LogP contribution in [0.1, 0.15) is 11.1 Å². The Morgan fingerprint density at radius 3 is 2.62 bits per heavy atom. The van der Waals surface area contributed by atoms with E-state index in [0.29, 0.717) is 23.7 Å². The summed E-state index contributed by atoms with van der Waals surface area (Å²) >= 11 is 0.